The van der Waals surface area contributed by atoms with Crippen molar-refractivity contribution in [2.75, 3.05) is 0 Å². The lowest BCUT2D eigenvalue weighted by Crippen LogP contribution is -2.37. The molecule has 0 fully saturated rings. The summed E-state index contributed by atoms with van der Waals surface area (Å²) in [5, 5.41) is 2.88. The Bertz CT molecular complexity index is 1500. The zero-order valence-corrected chi connectivity index (χ0v) is 20.2. The van der Waals surface area contributed by atoms with Crippen molar-refractivity contribution in [2.45, 2.75) is 39.8 Å². The monoisotopic (exact) mass is 476 g/mol. The molecule has 0 radical (unpaired) electrons. The summed E-state index contributed by atoms with van der Waals surface area (Å²) < 4.78 is 9.95. The largest absolute Gasteiger partial charge is 0.439 e. The summed E-state index contributed by atoms with van der Waals surface area (Å²) >= 11 is 0. The summed E-state index contributed by atoms with van der Waals surface area (Å²) in [6.45, 7) is 4.78. The van der Waals surface area contributed by atoms with Crippen LogP contribution >= 0.6 is 0 Å². The van der Waals surface area contributed by atoms with E-state index >= 15 is 0 Å². The van der Waals surface area contributed by atoms with Gasteiger partial charge in [-0.2, -0.15) is 0 Å². The van der Waals surface area contributed by atoms with Crippen LogP contribution in [0.25, 0.3) is 11.2 Å². The second kappa shape index (κ2) is 9.96. The highest BCUT2D eigenvalue weighted by Gasteiger charge is 2.14. The summed E-state index contributed by atoms with van der Waals surface area (Å²) in [7, 11) is 3.01. The van der Waals surface area contributed by atoms with Gasteiger partial charge in [-0.3, -0.25) is 18.7 Å². The van der Waals surface area contributed by atoms with Crippen molar-refractivity contribution < 1.29 is 9.53 Å². The standard InChI is InChI=1S/C25H28N6O4/c1-16-7-8-17(2)19(12-16)35-21-10-9-18(14-27-21)13-26-20(32)6-5-11-31-15-28-23-22(31)24(33)30(4)25(34)29(23)3/h7-10,12,14-15H,5-6,11,13H2,1-4H3,(H,26,32). The molecule has 0 bridgehead atoms. The van der Waals surface area contributed by atoms with Crippen LogP contribution in [0.1, 0.15) is 29.5 Å². The van der Waals surface area contributed by atoms with Gasteiger partial charge in [-0.15, -0.1) is 0 Å². The lowest BCUT2D eigenvalue weighted by atomic mass is 10.1. The molecular weight excluding hydrogens is 448 g/mol. The number of hydrogen-bond acceptors (Lipinski definition) is 6. The number of benzene rings is 1. The molecule has 0 saturated heterocycles. The number of imidazole rings is 1. The first kappa shape index (κ1) is 23.9. The van der Waals surface area contributed by atoms with Gasteiger partial charge in [-0.1, -0.05) is 18.2 Å². The Labute approximate surface area is 201 Å². The van der Waals surface area contributed by atoms with Crippen molar-refractivity contribution in [3.63, 3.8) is 0 Å². The Morgan fingerprint density at radius 1 is 1.06 bits per heavy atom. The summed E-state index contributed by atoms with van der Waals surface area (Å²) in [6, 6.07) is 9.65. The summed E-state index contributed by atoms with van der Waals surface area (Å²) in [4.78, 5) is 45.4. The molecule has 1 aromatic carbocycles. The molecule has 1 amide bonds. The quantitative estimate of drug-likeness (QED) is 0.418. The van der Waals surface area contributed by atoms with Gasteiger partial charge < -0.3 is 14.6 Å². The third-order valence-electron chi connectivity index (χ3n) is 5.87. The molecule has 35 heavy (non-hydrogen) atoms. The highest BCUT2D eigenvalue weighted by molar-refractivity contribution is 5.75. The molecule has 0 atom stereocenters. The molecule has 1 N–H and O–H groups in total. The van der Waals surface area contributed by atoms with E-state index in [1.807, 2.05) is 38.1 Å². The van der Waals surface area contributed by atoms with Crippen LogP contribution in [-0.2, 0) is 32.0 Å². The van der Waals surface area contributed by atoms with Gasteiger partial charge in [-0.25, -0.2) is 14.8 Å². The van der Waals surface area contributed by atoms with Gasteiger partial charge >= 0.3 is 5.69 Å². The molecule has 0 aliphatic carbocycles. The molecule has 0 aliphatic rings. The Morgan fingerprint density at radius 2 is 1.86 bits per heavy atom. The van der Waals surface area contributed by atoms with Crippen LogP contribution in [0.5, 0.6) is 11.6 Å². The van der Waals surface area contributed by atoms with Crippen molar-refractivity contribution in [2.24, 2.45) is 14.1 Å². The fourth-order valence-corrected chi connectivity index (χ4v) is 3.77. The van der Waals surface area contributed by atoms with Crippen LogP contribution in [0.2, 0.25) is 0 Å². The fourth-order valence-electron chi connectivity index (χ4n) is 3.77. The molecule has 3 heterocycles. The maximum Gasteiger partial charge on any atom is 0.332 e. The van der Waals surface area contributed by atoms with Crippen molar-refractivity contribution in [1.82, 2.24) is 29.0 Å². The Morgan fingerprint density at radius 3 is 2.60 bits per heavy atom. The maximum absolute atomic E-state index is 12.5. The number of aryl methyl sites for hydroxylation is 4. The normalized spacial score (nSPS) is 11.1. The molecule has 0 aliphatic heterocycles. The number of hydrogen-bond donors (Lipinski definition) is 1. The average molecular weight is 477 g/mol. The Balaban J connectivity index is 1.29. The maximum atomic E-state index is 12.5. The number of nitrogens with zero attached hydrogens (tertiary/aromatic N) is 5. The zero-order chi connectivity index (χ0) is 25.1. The third-order valence-corrected chi connectivity index (χ3v) is 5.87. The number of aromatic nitrogens is 5. The minimum Gasteiger partial charge on any atom is -0.439 e. The number of ether oxygens (including phenoxy) is 1. The van der Waals surface area contributed by atoms with E-state index in [9.17, 15) is 14.4 Å². The average Bonchev–Trinajstić information content (AvgIpc) is 3.27. The van der Waals surface area contributed by atoms with Crippen LogP contribution in [0, 0.1) is 13.8 Å². The summed E-state index contributed by atoms with van der Waals surface area (Å²) in [6.07, 6.45) is 4.01. The lowest BCUT2D eigenvalue weighted by molar-refractivity contribution is -0.121. The summed E-state index contributed by atoms with van der Waals surface area (Å²) in [5.74, 6) is 1.15. The van der Waals surface area contributed by atoms with Crippen molar-refractivity contribution in [1.29, 1.82) is 0 Å². The van der Waals surface area contributed by atoms with E-state index in [2.05, 4.69) is 15.3 Å². The number of carbonyl (C=O) groups excluding carboxylic acids is 1. The molecule has 4 rings (SSSR count). The minimum absolute atomic E-state index is 0.106. The second-order valence-electron chi connectivity index (χ2n) is 8.57. The Hall–Kier alpha value is -4.21. The van der Waals surface area contributed by atoms with E-state index in [1.54, 1.807) is 23.9 Å². The van der Waals surface area contributed by atoms with Crippen LogP contribution in [0.3, 0.4) is 0 Å². The Kier molecular flexibility index (Phi) is 6.81. The van der Waals surface area contributed by atoms with Crippen molar-refractivity contribution >= 4 is 17.1 Å². The highest BCUT2D eigenvalue weighted by atomic mass is 16.5. The molecular formula is C25H28N6O4. The number of rotatable bonds is 8. The highest BCUT2D eigenvalue weighted by Crippen LogP contribution is 2.24. The third kappa shape index (κ3) is 5.16. The van der Waals surface area contributed by atoms with E-state index < -0.39 is 11.2 Å². The van der Waals surface area contributed by atoms with Gasteiger partial charge in [0, 0.05) is 45.9 Å². The van der Waals surface area contributed by atoms with Crippen LogP contribution in [0.15, 0.2) is 52.4 Å². The van der Waals surface area contributed by atoms with Gasteiger partial charge in [0.1, 0.15) is 5.75 Å². The van der Waals surface area contributed by atoms with Crippen molar-refractivity contribution in [3.8, 4) is 11.6 Å². The molecule has 182 valence electrons. The van der Waals surface area contributed by atoms with Gasteiger partial charge in [0.2, 0.25) is 11.8 Å². The first-order valence-corrected chi connectivity index (χ1v) is 11.3. The van der Waals surface area contributed by atoms with Gasteiger partial charge in [0.25, 0.3) is 5.56 Å². The van der Waals surface area contributed by atoms with Crippen molar-refractivity contribution in [3.05, 3.63) is 80.4 Å². The number of fused-ring (bicyclic) bond motifs is 1. The second-order valence-corrected chi connectivity index (χ2v) is 8.57. The minimum atomic E-state index is -0.425. The van der Waals surface area contributed by atoms with E-state index in [-0.39, 0.29) is 12.3 Å². The zero-order valence-electron chi connectivity index (χ0n) is 20.2. The SMILES string of the molecule is Cc1ccc(C)c(Oc2ccc(CNC(=O)CCCn3cnc4c3c(=O)n(C)c(=O)n4C)cn2)c1. The van der Waals surface area contributed by atoms with E-state index in [1.165, 1.54) is 17.9 Å². The van der Waals surface area contributed by atoms with E-state index in [0.29, 0.717) is 36.6 Å². The van der Waals surface area contributed by atoms with Crippen LogP contribution in [0.4, 0.5) is 0 Å². The molecule has 3 aromatic heterocycles. The molecule has 4 aromatic rings. The molecule has 10 heteroatoms. The fraction of sp³-hybridized carbons (Fsp3) is 0.320. The van der Waals surface area contributed by atoms with Crippen LogP contribution < -0.4 is 21.3 Å². The van der Waals surface area contributed by atoms with Gasteiger partial charge in [-0.05, 0) is 43.0 Å². The first-order valence-electron chi connectivity index (χ1n) is 11.3. The van der Waals surface area contributed by atoms with E-state index in [4.69, 9.17) is 4.74 Å². The van der Waals surface area contributed by atoms with Gasteiger partial charge in [0.05, 0.1) is 6.33 Å². The molecule has 10 nitrogen and oxygen atoms in total. The predicted octanol–water partition coefficient (Wildman–Crippen LogP) is 2.33. The first-order chi connectivity index (χ1) is 16.7. The lowest BCUT2D eigenvalue weighted by Gasteiger charge is -2.10. The summed E-state index contributed by atoms with van der Waals surface area (Å²) in [5.41, 5.74) is 2.86. The number of amides is 1. The predicted molar refractivity (Wildman–Crippen MR) is 132 cm³/mol. The topological polar surface area (TPSA) is 113 Å². The van der Waals surface area contributed by atoms with Gasteiger partial charge in [0.15, 0.2) is 11.2 Å². The molecule has 0 unspecified atom stereocenters. The molecule has 0 saturated carbocycles. The number of carbonyl (C=O) groups is 1. The molecule has 0 spiro atoms. The number of pyridine rings is 1. The van der Waals surface area contributed by atoms with E-state index in [0.717, 1.165) is 27.0 Å². The number of nitrogens with one attached hydrogen (secondary N) is 1. The van der Waals surface area contributed by atoms with Crippen LogP contribution in [-0.4, -0.2) is 29.6 Å². The smallest absolute Gasteiger partial charge is 0.332 e.